The van der Waals surface area contributed by atoms with Gasteiger partial charge in [-0.1, -0.05) is 30.3 Å². The fraction of sp³-hybridized carbons (Fsp3) is 0.381. The fourth-order valence-electron chi connectivity index (χ4n) is 4.24. The summed E-state index contributed by atoms with van der Waals surface area (Å²) in [7, 11) is 0. The van der Waals surface area contributed by atoms with Crippen LogP contribution in [0.4, 0.5) is 8.78 Å². The van der Waals surface area contributed by atoms with Crippen molar-refractivity contribution in [3.63, 3.8) is 0 Å². The molecule has 4 atom stereocenters. The standard InChI is InChI=1S/C21H22F2N2OS/c22-15-7-8-17(23)19(10-15)27-20(13-4-2-1-3-5-13)21(26)25-11-14-6-9-18(24)16(14)12-25/h1-5,7-8,10,14,16,18,20H,6,9,11-12,24H2. The number of hydrogen-bond acceptors (Lipinski definition) is 3. The quantitative estimate of drug-likeness (QED) is 0.806. The molecule has 3 nitrogen and oxygen atoms in total. The van der Waals surface area contributed by atoms with E-state index in [1.807, 2.05) is 35.2 Å². The number of amides is 1. The van der Waals surface area contributed by atoms with Gasteiger partial charge in [0, 0.05) is 24.0 Å². The maximum Gasteiger partial charge on any atom is 0.240 e. The molecule has 0 spiro atoms. The molecule has 2 aromatic rings. The number of halogens is 2. The average molecular weight is 388 g/mol. The minimum atomic E-state index is -0.613. The third-order valence-electron chi connectivity index (χ3n) is 5.69. The minimum Gasteiger partial charge on any atom is -0.341 e. The van der Waals surface area contributed by atoms with Crippen LogP contribution in [0, 0.1) is 23.5 Å². The fourth-order valence-corrected chi connectivity index (χ4v) is 5.39. The first-order chi connectivity index (χ1) is 13.0. The average Bonchev–Trinajstić information content (AvgIpc) is 3.25. The molecule has 1 saturated carbocycles. The highest BCUT2D eigenvalue weighted by atomic mass is 32.2. The number of nitrogens with zero attached hydrogens (tertiary/aromatic N) is 1. The molecule has 2 N–H and O–H groups in total. The van der Waals surface area contributed by atoms with Crippen molar-refractivity contribution in [3.8, 4) is 0 Å². The van der Waals surface area contributed by atoms with E-state index in [0.717, 1.165) is 48.4 Å². The monoisotopic (exact) mass is 388 g/mol. The smallest absolute Gasteiger partial charge is 0.240 e. The number of carbonyl (C=O) groups is 1. The molecule has 1 aliphatic heterocycles. The summed E-state index contributed by atoms with van der Waals surface area (Å²) < 4.78 is 27.8. The van der Waals surface area contributed by atoms with Crippen LogP contribution in [0.15, 0.2) is 53.4 Å². The summed E-state index contributed by atoms with van der Waals surface area (Å²) in [6.45, 7) is 1.35. The van der Waals surface area contributed by atoms with Crippen molar-refractivity contribution in [2.75, 3.05) is 13.1 Å². The third kappa shape index (κ3) is 3.73. The molecule has 1 aliphatic carbocycles. The van der Waals surface area contributed by atoms with Crippen molar-refractivity contribution in [2.24, 2.45) is 17.6 Å². The summed E-state index contributed by atoms with van der Waals surface area (Å²) in [5.41, 5.74) is 6.98. The number of thioether (sulfide) groups is 1. The Labute approximate surface area is 161 Å². The number of fused-ring (bicyclic) bond motifs is 1. The lowest BCUT2D eigenvalue weighted by molar-refractivity contribution is -0.130. The zero-order valence-electron chi connectivity index (χ0n) is 14.9. The van der Waals surface area contributed by atoms with E-state index in [9.17, 15) is 13.6 Å². The van der Waals surface area contributed by atoms with Crippen LogP contribution in [0.25, 0.3) is 0 Å². The topological polar surface area (TPSA) is 46.3 Å². The van der Waals surface area contributed by atoms with Gasteiger partial charge in [0.1, 0.15) is 16.9 Å². The lowest BCUT2D eigenvalue weighted by Crippen LogP contribution is -2.35. The van der Waals surface area contributed by atoms with Gasteiger partial charge in [-0.2, -0.15) is 0 Å². The number of rotatable bonds is 4. The Bertz CT molecular complexity index is 832. The molecular formula is C21H22F2N2OS. The SMILES string of the molecule is NC1CCC2CN(C(=O)C(Sc3cc(F)ccc3F)c3ccccc3)CC12. The second-order valence-corrected chi connectivity index (χ2v) is 8.54. The maximum atomic E-state index is 14.2. The Morgan fingerprint density at radius 3 is 2.63 bits per heavy atom. The van der Waals surface area contributed by atoms with Crippen LogP contribution in [0.3, 0.4) is 0 Å². The summed E-state index contributed by atoms with van der Waals surface area (Å²) in [5, 5.41) is -0.613. The van der Waals surface area contributed by atoms with Gasteiger partial charge in [0.25, 0.3) is 0 Å². The van der Waals surface area contributed by atoms with Crippen molar-refractivity contribution >= 4 is 17.7 Å². The molecule has 1 heterocycles. The lowest BCUT2D eigenvalue weighted by Gasteiger charge is -2.25. The molecule has 0 aromatic heterocycles. The van der Waals surface area contributed by atoms with Gasteiger partial charge in [-0.15, -0.1) is 11.8 Å². The van der Waals surface area contributed by atoms with Crippen LogP contribution in [-0.2, 0) is 4.79 Å². The molecule has 142 valence electrons. The number of benzene rings is 2. The highest BCUT2D eigenvalue weighted by Crippen LogP contribution is 2.42. The van der Waals surface area contributed by atoms with E-state index in [0.29, 0.717) is 24.9 Å². The van der Waals surface area contributed by atoms with Crippen LogP contribution in [0.1, 0.15) is 23.7 Å². The summed E-state index contributed by atoms with van der Waals surface area (Å²) in [5.74, 6) is -0.288. The van der Waals surface area contributed by atoms with Gasteiger partial charge in [0.2, 0.25) is 5.91 Å². The molecule has 1 amide bonds. The van der Waals surface area contributed by atoms with Crippen LogP contribution in [0.2, 0.25) is 0 Å². The molecule has 2 aromatic carbocycles. The van der Waals surface area contributed by atoms with E-state index in [4.69, 9.17) is 5.73 Å². The van der Waals surface area contributed by atoms with E-state index in [1.54, 1.807) is 0 Å². The van der Waals surface area contributed by atoms with E-state index in [-0.39, 0.29) is 16.8 Å². The van der Waals surface area contributed by atoms with Gasteiger partial charge in [0.15, 0.2) is 0 Å². The first-order valence-electron chi connectivity index (χ1n) is 9.24. The van der Waals surface area contributed by atoms with Gasteiger partial charge in [-0.3, -0.25) is 4.79 Å². The van der Waals surface area contributed by atoms with Crippen molar-refractivity contribution in [1.82, 2.24) is 4.90 Å². The Morgan fingerprint density at radius 1 is 1.11 bits per heavy atom. The first kappa shape index (κ1) is 18.4. The number of likely N-dealkylation sites (tertiary alicyclic amines) is 1. The van der Waals surface area contributed by atoms with Gasteiger partial charge >= 0.3 is 0 Å². The molecule has 0 radical (unpaired) electrons. The molecule has 1 saturated heterocycles. The van der Waals surface area contributed by atoms with Gasteiger partial charge < -0.3 is 10.6 Å². The van der Waals surface area contributed by atoms with Crippen molar-refractivity contribution < 1.29 is 13.6 Å². The largest absolute Gasteiger partial charge is 0.341 e. The Kier molecular flexibility index (Phi) is 5.19. The van der Waals surface area contributed by atoms with Crippen LogP contribution >= 0.6 is 11.8 Å². The first-order valence-corrected chi connectivity index (χ1v) is 10.1. The van der Waals surface area contributed by atoms with Crippen LogP contribution < -0.4 is 5.73 Å². The normalized spacial score (nSPS) is 25.4. The predicted octanol–water partition coefficient (Wildman–Crippen LogP) is 3.99. The highest BCUT2D eigenvalue weighted by molar-refractivity contribution is 8.00. The van der Waals surface area contributed by atoms with E-state index >= 15 is 0 Å². The van der Waals surface area contributed by atoms with Crippen LogP contribution in [-0.4, -0.2) is 29.9 Å². The molecule has 27 heavy (non-hydrogen) atoms. The molecule has 4 rings (SSSR count). The zero-order valence-corrected chi connectivity index (χ0v) is 15.7. The van der Waals surface area contributed by atoms with Crippen LogP contribution in [0.5, 0.6) is 0 Å². The summed E-state index contributed by atoms with van der Waals surface area (Å²) >= 11 is 1.07. The van der Waals surface area contributed by atoms with Crippen molar-refractivity contribution in [3.05, 3.63) is 65.7 Å². The Hall–Kier alpha value is -1.92. The lowest BCUT2D eigenvalue weighted by atomic mass is 9.98. The van der Waals surface area contributed by atoms with Gasteiger partial charge in [0.05, 0.1) is 0 Å². The molecule has 2 fully saturated rings. The molecule has 6 heteroatoms. The molecule has 4 unspecified atom stereocenters. The summed E-state index contributed by atoms with van der Waals surface area (Å²) in [4.78, 5) is 15.3. The van der Waals surface area contributed by atoms with Gasteiger partial charge in [-0.05, 0) is 48.4 Å². The summed E-state index contributed by atoms with van der Waals surface area (Å²) in [6, 6.07) is 12.8. The highest BCUT2D eigenvalue weighted by Gasteiger charge is 2.44. The molecular weight excluding hydrogens is 366 g/mol. The molecule has 0 bridgehead atoms. The second kappa shape index (κ2) is 7.60. The van der Waals surface area contributed by atoms with Gasteiger partial charge in [-0.25, -0.2) is 8.78 Å². The van der Waals surface area contributed by atoms with E-state index in [1.165, 1.54) is 0 Å². The zero-order chi connectivity index (χ0) is 19.0. The molecule has 2 aliphatic rings. The maximum absolute atomic E-state index is 14.2. The van der Waals surface area contributed by atoms with Crippen molar-refractivity contribution in [1.29, 1.82) is 0 Å². The minimum absolute atomic E-state index is 0.0588. The predicted molar refractivity (Wildman–Crippen MR) is 102 cm³/mol. The third-order valence-corrected chi connectivity index (χ3v) is 6.96. The number of hydrogen-bond donors (Lipinski definition) is 1. The Balaban J connectivity index is 1.60. The summed E-state index contributed by atoms with van der Waals surface area (Å²) in [6.07, 6.45) is 2.07. The Morgan fingerprint density at radius 2 is 1.89 bits per heavy atom. The number of carbonyl (C=O) groups excluding carboxylic acids is 1. The van der Waals surface area contributed by atoms with E-state index in [2.05, 4.69) is 0 Å². The van der Waals surface area contributed by atoms with E-state index < -0.39 is 16.9 Å². The number of nitrogens with two attached hydrogens (primary N) is 1. The van der Waals surface area contributed by atoms with Crippen molar-refractivity contribution in [2.45, 2.75) is 29.0 Å². The second-order valence-electron chi connectivity index (χ2n) is 7.39.